The molecule has 1 aliphatic heterocycles. The highest BCUT2D eigenvalue weighted by Crippen LogP contribution is 2.40. The van der Waals surface area contributed by atoms with Crippen molar-refractivity contribution in [1.29, 1.82) is 0 Å². The highest BCUT2D eigenvalue weighted by Gasteiger charge is 2.43. The average Bonchev–Trinajstić information content (AvgIpc) is 2.98. The second-order valence-electron chi connectivity index (χ2n) is 4.30. The molecule has 5 heteroatoms. The molecule has 0 saturated heterocycles. The number of nitrogens with two attached hydrogens (primary N) is 1. The fourth-order valence-electron chi connectivity index (χ4n) is 1.85. The Hall–Kier alpha value is -0.810. The van der Waals surface area contributed by atoms with Gasteiger partial charge in [0.05, 0.1) is 11.2 Å². The molecular formula is C10H13N3OS. The van der Waals surface area contributed by atoms with Crippen molar-refractivity contribution in [3.05, 3.63) is 27.4 Å². The number of nitrogens with zero attached hydrogens (tertiary/aromatic N) is 1. The van der Waals surface area contributed by atoms with E-state index in [4.69, 9.17) is 5.73 Å². The van der Waals surface area contributed by atoms with Gasteiger partial charge >= 0.3 is 0 Å². The van der Waals surface area contributed by atoms with Gasteiger partial charge in [0.2, 0.25) is 0 Å². The number of fused-ring (bicyclic) bond motifs is 1. The van der Waals surface area contributed by atoms with Gasteiger partial charge in [0.25, 0.3) is 5.56 Å². The zero-order chi connectivity index (χ0) is 10.5. The molecule has 80 valence electrons. The standard InChI is InChI=1S/C10H13N3OS/c11-10(2-3-10)9-12-7-1-4-15-5-6(7)8(14)13-9/h1-5,11H2,(H,12,13,14). The summed E-state index contributed by atoms with van der Waals surface area (Å²) in [5.41, 5.74) is 7.52. The van der Waals surface area contributed by atoms with Crippen molar-refractivity contribution in [2.45, 2.75) is 30.6 Å². The third-order valence-electron chi connectivity index (χ3n) is 3.09. The number of aromatic nitrogens is 2. The number of hydrogen-bond donors (Lipinski definition) is 2. The van der Waals surface area contributed by atoms with Crippen molar-refractivity contribution < 1.29 is 0 Å². The van der Waals surface area contributed by atoms with Crippen molar-refractivity contribution in [3.63, 3.8) is 0 Å². The van der Waals surface area contributed by atoms with Crippen molar-refractivity contribution in [2.24, 2.45) is 5.73 Å². The number of nitrogens with one attached hydrogen (secondary N) is 1. The molecule has 1 aliphatic carbocycles. The lowest BCUT2D eigenvalue weighted by atomic mass is 10.1. The van der Waals surface area contributed by atoms with Crippen molar-refractivity contribution in [1.82, 2.24) is 9.97 Å². The third kappa shape index (κ3) is 1.50. The monoisotopic (exact) mass is 223 g/mol. The van der Waals surface area contributed by atoms with Crippen LogP contribution >= 0.6 is 11.8 Å². The summed E-state index contributed by atoms with van der Waals surface area (Å²) in [6.07, 6.45) is 2.76. The number of hydrogen-bond acceptors (Lipinski definition) is 4. The minimum absolute atomic E-state index is 0.0129. The van der Waals surface area contributed by atoms with Gasteiger partial charge in [-0.3, -0.25) is 4.79 Å². The van der Waals surface area contributed by atoms with Crippen LogP contribution in [0.3, 0.4) is 0 Å². The first-order valence-corrected chi connectivity index (χ1v) is 6.34. The van der Waals surface area contributed by atoms with Crippen LogP contribution in [0.1, 0.15) is 29.9 Å². The first-order valence-electron chi connectivity index (χ1n) is 5.18. The molecule has 1 aromatic heterocycles. The molecule has 0 unspecified atom stereocenters. The van der Waals surface area contributed by atoms with Gasteiger partial charge in [-0.25, -0.2) is 4.98 Å². The summed E-state index contributed by atoms with van der Waals surface area (Å²) in [5.74, 6) is 2.54. The number of rotatable bonds is 1. The van der Waals surface area contributed by atoms with Crippen LogP contribution in [0.5, 0.6) is 0 Å². The largest absolute Gasteiger partial charge is 0.319 e. The van der Waals surface area contributed by atoms with Gasteiger partial charge in [0.1, 0.15) is 5.82 Å². The van der Waals surface area contributed by atoms with E-state index in [9.17, 15) is 4.79 Å². The highest BCUT2D eigenvalue weighted by atomic mass is 32.2. The Balaban J connectivity index is 2.13. The molecular weight excluding hydrogens is 210 g/mol. The molecule has 0 amide bonds. The van der Waals surface area contributed by atoms with E-state index in [1.807, 2.05) is 0 Å². The Bertz CT molecular complexity index is 464. The highest BCUT2D eigenvalue weighted by molar-refractivity contribution is 7.98. The van der Waals surface area contributed by atoms with Crippen molar-refractivity contribution >= 4 is 11.8 Å². The van der Waals surface area contributed by atoms with E-state index in [0.29, 0.717) is 5.82 Å². The van der Waals surface area contributed by atoms with Crippen LogP contribution < -0.4 is 11.3 Å². The Morgan fingerprint density at radius 2 is 2.27 bits per heavy atom. The van der Waals surface area contributed by atoms with E-state index >= 15 is 0 Å². The summed E-state index contributed by atoms with van der Waals surface area (Å²) in [6, 6.07) is 0. The molecule has 2 aliphatic rings. The Morgan fingerprint density at radius 3 is 3.00 bits per heavy atom. The molecule has 15 heavy (non-hydrogen) atoms. The maximum absolute atomic E-state index is 11.8. The zero-order valence-electron chi connectivity index (χ0n) is 8.38. The number of thioether (sulfide) groups is 1. The van der Waals surface area contributed by atoms with Gasteiger partial charge in [-0.15, -0.1) is 0 Å². The lowest BCUT2D eigenvalue weighted by Gasteiger charge is -2.16. The Morgan fingerprint density at radius 1 is 1.47 bits per heavy atom. The summed E-state index contributed by atoms with van der Waals surface area (Å²) in [6.45, 7) is 0. The smallest absolute Gasteiger partial charge is 0.255 e. The minimum atomic E-state index is -0.335. The summed E-state index contributed by atoms with van der Waals surface area (Å²) >= 11 is 1.79. The Kier molecular flexibility index (Phi) is 1.94. The second-order valence-corrected chi connectivity index (χ2v) is 5.40. The minimum Gasteiger partial charge on any atom is -0.319 e. The van der Waals surface area contributed by atoms with E-state index < -0.39 is 0 Å². The average molecular weight is 223 g/mol. The van der Waals surface area contributed by atoms with Crippen LogP contribution in [-0.4, -0.2) is 15.7 Å². The molecule has 0 atom stereocenters. The van der Waals surface area contributed by atoms with Crippen LogP contribution in [0.4, 0.5) is 0 Å². The normalized spacial score (nSPS) is 22.2. The van der Waals surface area contributed by atoms with Crippen molar-refractivity contribution in [2.75, 3.05) is 5.75 Å². The molecule has 2 heterocycles. The van der Waals surface area contributed by atoms with Crippen molar-refractivity contribution in [3.8, 4) is 0 Å². The van der Waals surface area contributed by atoms with Crippen LogP contribution in [0.2, 0.25) is 0 Å². The molecule has 3 N–H and O–H groups in total. The van der Waals surface area contributed by atoms with Gasteiger partial charge in [0.15, 0.2) is 0 Å². The van der Waals surface area contributed by atoms with E-state index in [0.717, 1.165) is 42.0 Å². The van der Waals surface area contributed by atoms with E-state index in [1.165, 1.54) is 0 Å². The summed E-state index contributed by atoms with van der Waals surface area (Å²) in [4.78, 5) is 19.1. The first-order chi connectivity index (χ1) is 7.19. The van der Waals surface area contributed by atoms with Crippen LogP contribution in [0.25, 0.3) is 0 Å². The van der Waals surface area contributed by atoms with Gasteiger partial charge < -0.3 is 10.7 Å². The molecule has 3 rings (SSSR count). The molecule has 0 bridgehead atoms. The first kappa shape index (κ1) is 9.42. The van der Waals surface area contributed by atoms with Gasteiger partial charge in [-0.2, -0.15) is 11.8 Å². The lowest BCUT2D eigenvalue weighted by Crippen LogP contribution is -2.30. The maximum Gasteiger partial charge on any atom is 0.255 e. The topological polar surface area (TPSA) is 71.8 Å². The third-order valence-corrected chi connectivity index (χ3v) is 4.08. The molecule has 0 aromatic carbocycles. The quantitative estimate of drug-likeness (QED) is 0.727. The van der Waals surface area contributed by atoms with Gasteiger partial charge in [-0.05, 0) is 25.0 Å². The Labute approximate surface area is 91.7 Å². The zero-order valence-corrected chi connectivity index (χ0v) is 9.19. The van der Waals surface area contributed by atoms with Gasteiger partial charge in [0, 0.05) is 11.3 Å². The number of aryl methyl sites for hydroxylation is 1. The van der Waals surface area contributed by atoms with Gasteiger partial charge in [-0.1, -0.05) is 0 Å². The molecule has 1 saturated carbocycles. The number of aromatic amines is 1. The summed E-state index contributed by atoms with van der Waals surface area (Å²) < 4.78 is 0. The fraction of sp³-hybridized carbons (Fsp3) is 0.600. The number of H-pyrrole nitrogens is 1. The van der Waals surface area contributed by atoms with E-state index in [2.05, 4.69) is 9.97 Å². The predicted molar refractivity (Wildman–Crippen MR) is 59.8 cm³/mol. The van der Waals surface area contributed by atoms with E-state index in [-0.39, 0.29) is 11.1 Å². The molecule has 0 spiro atoms. The maximum atomic E-state index is 11.8. The molecule has 0 radical (unpaired) electrons. The summed E-state index contributed by atoms with van der Waals surface area (Å²) in [5, 5.41) is 0. The lowest BCUT2D eigenvalue weighted by molar-refractivity contribution is 0.654. The summed E-state index contributed by atoms with van der Waals surface area (Å²) in [7, 11) is 0. The molecule has 4 nitrogen and oxygen atoms in total. The predicted octanol–water partition coefficient (Wildman–Crippen LogP) is 0.507. The van der Waals surface area contributed by atoms with E-state index in [1.54, 1.807) is 11.8 Å². The molecule has 1 fully saturated rings. The molecule has 1 aromatic rings. The fourth-order valence-corrected chi connectivity index (χ4v) is 2.83. The second kappa shape index (κ2) is 3.09. The van der Waals surface area contributed by atoms with Crippen LogP contribution in [0, 0.1) is 0 Å². The van der Waals surface area contributed by atoms with Crippen LogP contribution in [0.15, 0.2) is 4.79 Å². The van der Waals surface area contributed by atoms with Crippen LogP contribution in [-0.2, 0) is 17.7 Å². The SMILES string of the molecule is NC1(c2nc3c(c(=O)[nH]2)CSCC3)CC1.